The summed E-state index contributed by atoms with van der Waals surface area (Å²) in [5.74, 6) is -6.50. The van der Waals surface area contributed by atoms with Crippen molar-refractivity contribution >= 4 is 117 Å². The summed E-state index contributed by atoms with van der Waals surface area (Å²) in [5, 5.41) is 84.0. The molecule has 136 heavy (non-hydrogen) atoms. The number of carboxylic acids is 5. The maximum absolute atomic E-state index is 13.7. The van der Waals surface area contributed by atoms with E-state index in [0.717, 1.165) is 33.5 Å². The van der Waals surface area contributed by atoms with Gasteiger partial charge in [0.2, 0.25) is 23.6 Å². The molecule has 1 aliphatic heterocycles. The van der Waals surface area contributed by atoms with Crippen LogP contribution in [0.5, 0.6) is 0 Å². The van der Waals surface area contributed by atoms with E-state index in [1.807, 2.05) is 78.5 Å². The first kappa shape index (κ1) is 117. The number of hydrogen-bond donors (Lipinski definition) is 15. The minimum atomic E-state index is -1.22. The van der Waals surface area contributed by atoms with Gasteiger partial charge in [-0.3, -0.25) is 43.4 Å². The molecule has 15 N–H and O–H groups in total. The zero-order valence-electron chi connectivity index (χ0n) is 78.2. The lowest BCUT2D eigenvalue weighted by atomic mass is 10.0. The zero-order valence-corrected chi connectivity index (χ0v) is 81.2. The summed E-state index contributed by atoms with van der Waals surface area (Å²) in [6.07, 6.45) is 6.47. The minimum Gasteiger partial charge on any atom is -0.481 e. The summed E-state index contributed by atoms with van der Waals surface area (Å²) >= 11 is 7.86. The Hall–Kier alpha value is -9.61. The number of thiocarbonyl (C=S) groups is 1. The highest BCUT2D eigenvalue weighted by atomic mass is 127. The van der Waals surface area contributed by atoms with Crippen molar-refractivity contribution in [1.29, 1.82) is 0 Å². The van der Waals surface area contributed by atoms with Crippen LogP contribution in [0.4, 0.5) is 21.0 Å². The van der Waals surface area contributed by atoms with Crippen LogP contribution in [0.25, 0.3) is 11.3 Å². The molecular formula is C90H142IN17O27S. The Labute approximate surface area is 813 Å². The predicted molar refractivity (Wildman–Crippen MR) is 514 cm³/mol. The third-order valence-corrected chi connectivity index (χ3v) is 21.8. The summed E-state index contributed by atoms with van der Waals surface area (Å²) in [5.41, 5.74) is 4.48. The summed E-state index contributed by atoms with van der Waals surface area (Å²) in [4.78, 5) is 142. The molecule has 3 aromatic carbocycles. The number of likely N-dealkylation sites (N-methyl/N-ethyl adjacent to an activating group) is 2. The number of aromatic nitrogens is 3. The first-order valence-corrected chi connectivity index (χ1v) is 47.7. The van der Waals surface area contributed by atoms with E-state index in [-0.39, 0.29) is 161 Å². The number of carboxylic acid groups (broad SMARTS) is 5. The molecule has 0 aliphatic carbocycles. The van der Waals surface area contributed by atoms with Crippen molar-refractivity contribution in [2.45, 2.75) is 127 Å². The second-order valence-corrected chi connectivity index (χ2v) is 33.5. The van der Waals surface area contributed by atoms with E-state index in [4.69, 9.17) is 69.4 Å². The smallest absolute Gasteiger partial charge is 0.326 e. The predicted octanol–water partition coefficient (Wildman–Crippen LogP) is 2.84. The molecule has 46 heteroatoms. The van der Waals surface area contributed by atoms with Crippen LogP contribution in [0.3, 0.4) is 0 Å². The second kappa shape index (κ2) is 73.6. The molecule has 0 saturated carbocycles. The van der Waals surface area contributed by atoms with Crippen LogP contribution in [-0.2, 0) is 115 Å². The minimum absolute atomic E-state index is 0.0000661. The number of nitrogens with one attached hydrogen (secondary N) is 10. The average Bonchev–Trinajstić information content (AvgIpc) is 1.74. The van der Waals surface area contributed by atoms with E-state index in [2.05, 4.69) is 95.9 Å². The third-order valence-electron chi connectivity index (χ3n) is 20.8. The highest BCUT2D eigenvalue weighted by molar-refractivity contribution is 14.1. The van der Waals surface area contributed by atoms with E-state index in [1.165, 1.54) is 0 Å². The summed E-state index contributed by atoms with van der Waals surface area (Å²) in [7, 11) is 4.06. The number of aliphatic carboxylic acids is 5. The van der Waals surface area contributed by atoms with Crippen LogP contribution in [0.15, 0.2) is 79.0 Å². The number of benzene rings is 3. The molecule has 2 unspecified atom stereocenters. The van der Waals surface area contributed by atoms with Crippen LogP contribution in [0, 0.1) is 3.57 Å². The first-order valence-electron chi connectivity index (χ1n) is 46.2. The Kier molecular flexibility index (Phi) is 63.2. The van der Waals surface area contributed by atoms with Gasteiger partial charge in [-0.05, 0) is 167 Å². The van der Waals surface area contributed by atoms with Gasteiger partial charge < -0.3 is 141 Å². The number of urea groups is 2. The van der Waals surface area contributed by atoms with Crippen molar-refractivity contribution < 1.29 is 130 Å². The van der Waals surface area contributed by atoms with Gasteiger partial charge in [0.25, 0.3) is 0 Å². The molecule has 4 aromatic rings. The Morgan fingerprint density at radius 2 is 0.897 bits per heavy atom. The number of anilines is 2. The lowest BCUT2D eigenvalue weighted by molar-refractivity contribution is -0.142. The third kappa shape index (κ3) is 58.9. The SMILES string of the molecule is CN1CCN(CC(=O)O)CCN(CC(=O)O)CC(Cc2ccc(NC(=S)NCCCC[C@H](NC(=O)CCOCCOCCOCCn3cc(-c4cccc(NC(=O)NCCCC[C@H](NC(=O)NCCCC(=O)O)C(=O)O)c4)nn3)C(=O)NCCOCCOCCOCCOCCOCCOCCOCCOCCC(=O)NC(CCCCNC(=O)Cc3ccc(I)cc3)C(=O)O)cc2)N(C)CC1. The molecule has 2 heterocycles. The van der Waals surface area contributed by atoms with Crippen LogP contribution >= 0.6 is 34.8 Å². The fraction of sp³-hybridized carbons (Fsp3) is 0.644. The van der Waals surface area contributed by atoms with Crippen LogP contribution in [0.1, 0.15) is 94.6 Å². The van der Waals surface area contributed by atoms with Crippen molar-refractivity contribution in [2.24, 2.45) is 0 Å². The number of unbranched alkanes of at least 4 members (excludes halogenated alkanes) is 3. The van der Waals surface area contributed by atoms with Crippen molar-refractivity contribution in [1.82, 2.24) is 77.1 Å². The van der Waals surface area contributed by atoms with Crippen molar-refractivity contribution in [3.63, 3.8) is 0 Å². The van der Waals surface area contributed by atoms with E-state index in [0.29, 0.717) is 212 Å². The van der Waals surface area contributed by atoms with Gasteiger partial charge in [0.1, 0.15) is 23.8 Å². The van der Waals surface area contributed by atoms with Gasteiger partial charge in [0.15, 0.2) is 5.11 Å². The van der Waals surface area contributed by atoms with Gasteiger partial charge in [0, 0.05) is 124 Å². The van der Waals surface area contributed by atoms with E-state index < -0.39 is 65.9 Å². The molecule has 1 aliphatic rings. The number of nitrogens with zero attached hydrogens (tertiary/aromatic N) is 7. The zero-order chi connectivity index (χ0) is 98.4. The van der Waals surface area contributed by atoms with Crippen molar-refractivity contribution in [3.05, 3.63) is 93.7 Å². The van der Waals surface area contributed by atoms with E-state index in [9.17, 15) is 73.2 Å². The van der Waals surface area contributed by atoms with Crippen molar-refractivity contribution in [2.75, 3.05) is 262 Å². The molecule has 0 spiro atoms. The number of ether oxygens (including phenoxy) is 11. The highest BCUT2D eigenvalue weighted by Gasteiger charge is 2.27. The van der Waals surface area contributed by atoms with Gasteiger partial charge in [-0.1, -0.05) is 41.6 Å². The maximum atomic E-state index is 13.7. The Bertz CT molecular complexity index is 4080. The number of carbonyl (C=O) groups is 11. The van der Waals surface area contributed by atoms with Crippen molar-refractivity contribution in [3.8, 4) is 11.3 Å². The standard InChI is InChI=1S/C90H142IN17O27S/c1-104-32-34-105(2)74(64-107(67-84(116)117)37-36-106(35-33-104)66-83(114)115)61-68-19-23-72(24-20-68)98-90(136)96-29-8-3-13-75(99-79(109)25-39-125-43-47-129-50-46-128-42-38-108-65-78(102-103-108)70-11-9-12-73(63-70)97-88(123)94-28-7-5-15-77(87(121)122)101-89(124)95-30-10-16-82(112)113)85(118)93-31-41-127-45-49-131-52-54-133-56-58-135-60-59-134-57-55-132-53-51-130-48-44-126-40-26-80(110)100-76(86(119)120)14-4-6-27-92-81(111)62-69-17-21-71(91)22-18-69/h9,11-12,17-24,63,65,74-77H,3-8,10,13-16,25-62,64,66-67H2,1-2H3,(H,92,111)(H,93,118)(H,99,109)(H,100,110)(H,112,113)(H,114,115)(H,116,117)(H,119,120)(H,121,122)(H2,94,97,123)(H2,95,101,124)(H2,96,98,136)/t74?,75-,76?,77-/m0/s1. The van der Waals surface area contributed by atoms with Crippen LogP contribution < -0.4 is 53.2 Å². The first-order chi connectivity index (χ1) is 65.8. The second-order valence-electron chi connectivity index (χ2n) is 31.9. The van der Waals surface area contributed by atoms with Gasteiger partial charge in [0.05, 0.1) is 178 Å². The number of carbonyl (C=O) groups excluding carboxylic acids is 6. The molecule has 5 rings (SSSR count). The largest absolute Gasteiger partial charge is 0.481 e. The lowest BCUT2D eigenvalue weighted by Crippen LogP contribution is -2.50. The number of amides is 8. The quantitative estimate of drug-likeness (QED) is 0.0172. The molecular weight excluding hydrogens is 1910 g/mol. The van der Waals surface area contributed by atoms with Gasteiger partial charge in [-0.25, -0.2) is 23.9 Å². The monoisotopic (exact) mass is 2050 g/mol. The van der Waals surface area contributed by atoms with E-state index >= 15 is 0 Å². The number of hydrogen-bond acceptors (Lipinski definition) is 29. The van der Waals surface area contributed by atoms with Crippen LogP contribution in [-0.4, -0.2) is 406 Å². The van der Waals surface area contributed by atoms with Crippen LogP contribution in [0.2, 0.25) is 0 Å². The molecule has 762 valence electrons. The molecule has 8 amide bonds. The molecule has 4 atom stereocenters. The summed E-state index contributed by atoms with van der Waals surface area (Å²) in [6, 6.07) is 18.3. The maximum Gasteiger partial charge on any atom is 0.326 e. The Balaban J connectivity index is 0.913. The Morgan fingerprint density at radius 1 is 0.434 bits per heavy atom. The molecule has 0 radical (unpaired) electrons. The molecule has 1 aromatic heterocycles. The highest BCUT2D eigenvalue weighted by Crippen LogP contribution is 2.22. The van der Waals surface area contributed by atoms with Gasteiger partial charge >= 0.3 is 41.9 Å². The topological polar surface area (TPSA) is 554 Å². The molecule has 1 fully saturated rings. The van der Waals surface area contributed by atoms with Gasteiger partial charge in [-0.15, -0.1) is 5.10 Å². The fourth-order valence-corrected chi connectivity index (χ4v) is 13.9. The average molecular weight is 2050 g/mol. The summed E-state index contributed by atoms with van der Waals surface area (Å²) < 4.78 is 64.4. The lowest BCUT2D eigenvalue weighted by Gasteiger charge is -2.36. The van der Waals surface area contributed by atoms with E-state index in [1.54, 1.807) is 29.1 Å². The number of rotatable bonds is 75. The fourth-order valence-electron chi connectivity index (χ4n) is 13.3. The summed E-state index contributed by atoms with van der Waals surface area (Å²) in [6.45, 7) is 11.9. The normalized spacial score (nSPS) is 14.2. The van der Waals surface area contributed by atoms with Gasteiger partial charge in [-0.2, -0.15) is 0 Å². The molecule has 1 saturated heterocycles. The Morgan fingerprint density at radius 3 is 1.45 bits per heavy atom. The molecule has 44 nitrogen and oxygen atoms in total. The number of halogens is 1. The molecule has 0 bridgehead atoms.